The van der Waals surface area contributed by atoms with Crippen LogP contribution in [0.1, 0.15) is 23.2 Å². The maximum Gasteiger partial charge on any atom is 0.255 e. The van der Waals surface area contributed by atoms with Gasteiger partial charge in [0.05, 0.1) is 23.1 Å². The van der Waals surface area contributed by atoms with Gasteiger partial charge in [0.2, 0.25) is 5.91 Å². The van der Waals surface area contributed by atoms with E-state index < -0.39 is 0 Å². The summed E-state index contributed by atoms with van der Waals surface area (Å²) in [5, 5.41) is 9.08. The summed E-state index contributed by atoms with van der Waals surface area (Å²) in [5.41, 5.74) is 3.63. The zero-order valence-electron chi connectivity index (χ0n) is 19.0. The average molecular weight is 486 g/mol. The molecule has 0 aliphatic carbocycles. The van der Waals surface area contributed by atoms with Crippen molar-refractivity contribution < 1.29 is 9.59 Å². The molecule has 8 heteroatoms. The number of para-hydroxylation sites is 1. The van der Waals surface area contributed by atoms with Crippen molar-refractivity contribution in [2.75, 3.05) is 11.9 Å². The van der Waals surface area contributed by atoms with Crippen molar-refractivity contribution in [2.24, 2.45) is 0 Å². The monoisotopic (exact) mass is 485 g/mol. The highest BCUT2D eigenvalue weighted by molar-refractivity contribution is 6.35. The van der Waals surface area contributed by atoms with Crippen LogP contribution in [-0.2, 0) is 11.3 Å². The minimum absolute atomic E-state index is 0.0183. The average Bonchev–Trinajstić information content (AvgIpc) is 3.50. The normalized spacial score (nSPS) is 15.3. The molecule has 0 radical (unpaired) electrons. The van der Waals surface area contributed by atoms with E-state index in [1.54, 1.807) is 24.5 Å². The number of fused-ring (bicyclic) bond motifs is 1. The van der Waals surface area contributed by atoms with E-state index in [0.29, 0.717) is 23.7 Å². The van der Waals surface area contributed by atoms with Gasteiger partial charge in [-0.05, 0) is 43.2 Å². The van der Waals surface area contributed by atoms with Gasteiger partial charge in [-0.3, -0.25) is 19.3 Å². The van der Waals surface area contributed by atoms with Gasteiger partial charge in [-0.1, -0.05) is 48.5 Å². The summed E-state index contributed by atoms with van der Waals surface area (Å²) in [7, 11) is 0. The van der Waals surface area contributed by atoms with Gasteiger partial charge in [0, 0.05) is 41.1 Å². The molecule has 2 amide bonds. The molecular formula is C27H24ClN5O2. The molecule has 0 bridgehead atoms. The Hall–Kier alpha value is -3.97. The molecule has 7 nitrogen and oxygen atoms in total. The number of hydrogen-bond acceptors (Lipinski definition) is 4. The van der Waals surface area contributed by atoms with Crippen LogP contribution in [0.5, 0.6) is 0 Å². The van der Waals surface area contributed by atoms with E-state index in [4.69, 9.17) is 16.7 Å². The molecule has 0 spiro atoms. The second-order valence-electron chi connectivity index (χ2n) is 8.48. The van der Waals surface area contributed by atoms with Crippen LogP contribution in [0.2, 0.25) is 5.02 Å². The Morgan fingerprint density at radius 2 is 1.89 bits per heavy atom. The molecule has 176 valence electrons. The second-order valence-corrected chi connectivity index (χ2v) is 8.88. The number of rotatable bonds is 6. The fourth-order valence-corrected chi connectivity index (χ4v) is 4.83. The lowest BCUT2D eigenvalue weighted by molar-refractivity contribution is -0.127. The Morgan fingerprint density at radius 1 is 1.11 bits per heavy atom. The number of nitrogens with one attached hydrogen (secondary N) is 1. The smallest absolute Gasteiger partial charge is 0.255 e. The molecule has 35 heavy (non-hydrogen) atoms. The molecule has 2 aromatic heterocycles. The largest absolute Gasteiger partial charge is 0.334 e. The van der Waals surface area contributed by atoms with Crippen molar-refractivity contribution >= 4 is 40.0 Å². The molecule has 3 heterocycles. The predicted octanol–water partition coefficient (Wildman–Crippen LogP) is 5.18. The molecule has 1 atom stereocenters. The van der Waals surface area contributed by atoms with Crippen LogP contribution >= 0.6 is 11.6 Å². The first-order valence-corrected chi connectivity index (χ1v) is 11.8. The molecule has 1 aliphatic heterocycles. The number of hydrogen-bond donors (Lipinski definition) is 1. The van der Waals surface area contributed by atoms with Crippen molar-refractivity contribution in [3.05, 3.63) is 90.2 Å². The summed E-state index contributed by atoms with van der Waals surface area (Å²) in [5.74, 6) is -0.252. The zero-order chi connectivity index (χ0) is 24.4. The lowest BCUT2D eigenvalue weighted by atomic mass is 10.1. The van der Waals surface area contributed by atoms with Crippen LogP contribution in [0, 0.1) is 0 Å². The summed E-state index contributed by atoms with van der Waals surface area (Å²) in [6, 6.07) is 16.6. The van der Waals surface area contributed by atoms with Crippen LogP contribution in [0.15, 0.2) is 79.6 Å². The fourth-order valence-electron chi connectivity index (χ4n) is 4.57. The van der Waals surface area contributed by atoms with E-state index in [-0.39, 0.29) is 17.9 Å². The minimum atomic E-state index is -0.184. The van der Waals surface area contributed by atoms with E-state index in [2.05, 4.69) is 16.9 Å². The van der Waals surface area contributed by atoms with Gasteiger partial charge in [0.25, 0.3) is 5.91 Å². The molecule has 1 N–H and O–H groups in total. The molecule has 1 saturated heterocycles. The van der Waals surface area contributed by atoms with Gasteiger partial charge >= 0.3 is 0 Å². The van der Waals surface area contributed by atoms with E-state index in [1.165, 1.54) is 6.08 Å². The fraction of sp³-hybridized carbons (Fsp3) is 0.185. The number of likely N-dealkylation sites (tertiary alicyclic amines) is 1. The van der Waals surface area contributed by atoms with Crippen molar-refractivity contribution in [1.82, 2.24) is 19.7 Å². The van der Waals surface area contributed by atoms with E-state index >= 15 is 0 Å². The van der Waals surface area contributed by atoms with Gasteiger partial charge in [-0.2, -0.15) is 5.10 Å². The third kappa shape index (κ3) is 4.55. The summed E-state index contributed by atoms with van der Waals surface area (Å²) in [4.78, 5) is 31.0. The highest BCUT2D eigenvalue weighted by Gasteiger charge is 2.29. The number of benzene rings is 2. The van der Waals surface area contributed by atoms with Crippen molar-refractivity contribution in [3.8, 4) is 11.3 Å². The summed E-state index contributed by atoms with van der Waals surface area (Å²) in [6.45, 7) is 4.86. The van der Waals surface area contributed by atoms with Gasteiger partial charge in [0.15, 0.2) is 0 Å². The molecule has 4 aromatic rings. The van der Waals surface area contributed by atoms with E-state index in [9.17, 15) is 9.59 Å². The molecular weight excluding hydrogens is 462 g/mol. The standard InChI is InChI=1S/C27H24ClN5O2/c1-2-24(34)32-14-6-9-21(32)17-33-26-22(15-29-16-23(26)28)25(31-33)18-10-12-19(13-11-18)27(35)30-20-7-4-3-5-8-20/h2-5,7-8,10-13,15-16,21H,1,6,9,14,17H2,(H,30,35)/t21-/m0/s1. The molecule has 1 fully saturated rings. The van der Waals surface area contributed by atoms with Crippen LogP contribution < -0.4 is 5.32 Å². The minimum Gasteiger partial charge on any atom is -0.334 e. The molecule has 0 unspecified atom stereocenters. The van der Waals surface area contributed by atoms with Crippen molar-refractivity contribution in [1.29, 1.82) is 0 Å². The van der Waals surface area contributed by atoms with Crippen molar-refractivity contribution in [2.45, 2.75) is 25.4 Å². The van der Waals surface area contributed by atoms with Crippen molar-refractivity contribution in [3.63, 3.8) is 0 Å². The zero-order valence-corrected chi connectivity index (χ0v) is 19.8. The van der Waals surface area contributed by atoms with Crippen LogP contribution in [0.25, 0.3) is 22.2 Å². The number of nitrogens with zero attached hydrogens (tertiary/aromatic N) is 4. The van der Waals surface area contributed by atoms with Gasteiger partial charge < -0.3 is 10.2 Å². The van der Waals surface area contributed by atoms with Crippen LogP contribution in [-0.4, -0.2) is 44.1 Å². The maximum atomic E-state index is 12.6. The molecule has 2 aromatic carbocycles. The molecule has 1 aliphatic rings. The lowest BCUT2D eigenvalue weighted by Gasteiger charge is -2.23. The third-order valence-electron chi connectivity index (χ3n) is 6.28. The predicted molar refractivity (Wildman–Crippen MR) is 137 cm³/mol. The van der Waals surface area contributed by atoms with Gasteiger partial charge in [-0.15, -0.1) is 0 Å². The summed E-state index contributed by atoms with van der Waals surface area (Å²) in [6.07, 6.45) is 6.54. The topological polar surface area (TPSA) is 80.1 Å². The second kappa shape index (κ2) is 9.72. The number of aromatic nitrogens is 3. The number of amides is 2. The Balaban J connectivity index is 1.45. The summed E-state index contributed by atoms with van der Waals surface area (Å²) < 4.78 is 1.87. The van der Waals surface area contributed by atoms with Crippen LogP contribution in [0.4, 0.5) is 5.69 Å². The Labute approximate surface area is 208 Å². The van der Waals surface area contributed by atoms with Crippen LogP contribution in [0.3, 0.4) is 0 Å². The lowest BCUT2D eigenvalue weighted by Crippen LogP contribution is -2.37. The summed E-state index contributed by atoms with van der Waals surface area (Å²) >= 11 is 6.55. The number of halogens is 1. The first-order valence-electron chi connectivity index (χ1n) is 11.4. The number of carbonyl (C=O) groups excluding carboxylic acids is 2. The molecule has 0 saturated carbocycles. The first-order chi connectivity index (χ1) is 17.0. The maximum absolute atomic E-state index is 12.6. The highest BCUT2D eigenvalue weighted by atomic mass is 35.5. The highest BCUT2D eigenvalue weighted by Crippen LogP contribution is 2.33. The SMILES string of the molecule is C=CC(=O)N1CCC[C@H]1Cn1nc(-c2ccc(C(=O)Nc3ccccc3)cc2)c2cncc(Cl)c21. The number of anilines is 1. The van der Waals surface area contributed by atoms with Gasteiger partial charge in [0.1, 0.15) is 5.69 Å². The Kier molecular flexibility index (Phi) is 6.33. The number of carbonyl (C=O) groups is 2. The van der Waals surface area contributed by atoms with Gasteiger partial charge in [-0.25, -0.2) is 0 Å². The Bertz CT molecular complexity index is 1400. The molecule has 5 rings (SSSR count). The van der Waals surface area contributed by atoms with E-state index in [1.807, 2.05) is 52.0 Å². The first kappa shape index (κ1) is 22.8. The quantitative estimate of drug-likeness (QED) is 0.381. The van der Waals surface area contributed by atoms with E-state index in [0.717, 1.165) is 40.7 Å². The third-order valence-corrected chi connectivity index (χ3v) is 6.55. The Morgan fingerprint density at radius 3 is 2.63 bits per heavy atom. The number of pyridine rings is 1.